The van der Waals surface area contributed by atoms with Crippen molar-refractivity contribution < 1.29 is 5.11 Å². The van der Waals surface area contributed by atoms with Gasteiger partial charge in [0.1, 0.15) is 5.82 Å². The van der Waals surface area contributed by atoms with Gasteiger partial charge in [-0.05, 0) is 18.8 Å². The zero-order valence-electron chi connectivity index (χ0n) is 10.2. The van der Waals surface area contributed by atoms with E-state index in [9.17, 15) is 5.11 Å². The van der Waals surface area contributed by atoms with Crippen molar-refractivity contribution in [3.63, 3.8) is 0 Å². The zero-order valence-corrected chi connectivity index (χ0v) is 10.2. The van der Waals surface area contributed by atoms with E-state index in [4.69, 9.17) is 0 Å². The van der Waals surface area contributed by atoms with E-state index < -0.39 is 0 Å². The summed E-state index contributed by atoms with van der Waals surface area (Å²) in [4.78, 5) is 4.28. The summed E-state index contributed by atoms with van der Waals surface area (Å²) in [5.74, 6) is 0.978. The molecule has 0 amide bonds. The number of nitrogens with zero attached hydrogens (tertiary/aromatic N) is 2. The van der Waals surface area contributed by atoms with Crippen LogP contribution in [0.5, 0.6) is 0 Å². The summed E-state index contributed by atoms with van der Waals surface area (Å²) >= 11 is 0. The average Bonchev–Trinajstić information content (AvgIpc) is 2.65. The molecule has 3 nitrogen and oxygen atoms in total. The Labute approximate surface area is 92.1 Å². The molecule has 0 aliphatic rings. The van der Waals surface area contributed by atoms with Crippen LogP contribution in [0.3, 0.4) is 0 Å². The lowest BCUT2D eigenvalue weighted by atomic mass is 9.82. The highest BCUT2D eigenvalue weighted by atomic mass is 16.3. The summed E-state index contributed by atoms with van der Waals surface area (Å²) in [6, 6.07) is 0. The second kappa shape index (κ2) is 4.79. The van der Waals surface area contributed by atoms with E-state index in [2.05, 4.69) is 37.2 Å². The van der Waals surface area contributed by atoms with E-state index >= 15 is 0 Å². The molecule has 0 fully saturated rings. The van der Waals surface area contributed by atoms with Crippen molar-refractivity contribution in [2.24, 2.45) is 5.41 Å². The molecule has 0 saturated carbocycles. The topological polar surface area (TPSA) is 38.0 Å². The lowest BCUT2D eigenvalue weighted by Gasteiger charge is -2.29. The number of aliphatic hydroxyl groups excluding tert-OH is 1. The molecule has 86 valence electrons. The third-order valence-corrected chi connectivity index (χ3v) is 3.33. The highest BCUT2D eigenvalue weighted by Crippen LogP contribution is 2.26. The predicted octanol–water partition coefficient (Wildman–Crippen LogP) is 2.24. The molecule has 0 aliphatic carbocycles. The molecule has 0 spiro atoms. The summed E-state index contributed by atoms with van der Waals surface area (Å²) in [5.41, 5.74) is -0.0372. The molecule has 0 radical (unpaired) electrons. The fourth-order valence-electron chi connectivity index (χ4n) is 1.50. The summed E-state index contributed by atoms with van der Waals surface area (Å²) in [6.07, 6.45) is 5.05. The van der Waals surface area contributed by atoms with E-state index in [-0.39, 0.29) is 11.5 Å². The Balaban J connectivity index is 2.70. The minimum absolute atomic E-state index is 0.0372. The van der Waals surface area contributed by atoms with Crippen LogP contribution in [-0.4, -0.2) is 20.8 Å². The van der Waals surface area contributed by atoms with E-state index in [1.165, 1.54) is 0 Å². The molecule has 1 unspecified atom stereocenters. The first-order chi connectivity index (χ1) is 7.01. The van der Waals surface area contributed by atoms with Crippen molar-refractivity contribution in [2.45, 2.75) is 53.2 Å². The van der Waals surface area contributed by atoms with Gasteiger partial charge in [0, 0.05) is 25.4 Å². The Morgan fingerprint density at radius 1 is 1.47 bits per heavy atom. The molecular formula is C12H22N2O. The number of aliphatic hydroxyl groups is 1. The summed E-state index contributed by atoms with van der Waals surface area (Å²) in [7, 11) is 0. The van der Waals surface area contributed by atoms with Crippen LogP contribution in [0.4, 0.5) is 0 Å². The average molecular weight is 210 g/mol. The van der Waals surface area contributed by atoms with Gasteiger partial charge < -0.3 is 9.67 Å². The van der Waals surface area contributed by atoms with E-state index in [1.807, 2.05) is 6.20 Å². The molecule has 0 aromatic carbocycles. The fourth-order valence-corrected chi connectivity index (χ4v) is 1.50. The molecule has 0 aliphatic heterocycles. The Morgan fingerprint density at radius 3 is 2.67 bits per heavy atom. The molecule has 1 aromatic rings. The molecular weight excluding hydrogens is 188 g/mol. The zero-order chi connectivity index (χ0) is 11.5. The van der Waals surface area contributed by atoms with Crippen molar-refractivity contribution in [3.8, 4) is 0 Å². The normalized spacial score (nSPS) is 14.2. The first-order valence-electron chi connectivity index (χ1n) is 5.69. The first kappa shape index (κ1) is 12.2. The molecule has 1 atom stereocenters. The van der Waals surface area contributed by atoms with Crippen LogP contribution < -0.4 is 0 Å². The summed E-state index contributed by atoms with van der Waals surface area (Å²) in [6.45, 7) is 9.29. The van der Waals surface area contributed by atoms with Crippen LogP contribution >= 0.6 is 0 Å². The van der Waals surface area contributed by atoms with Gasteiger partial charge in [0.05, 0.1) is 6.10 Å². The number of rotatable bonds is 5. The summed E-state index contributed by atoms with van der Waals surface area (Å²) < 4.78 is 2.08. The Bertz CT molecular complexity index is 304. The van der Waals surface area contributed by atoms with Crippen LogP contribution in [0, 0.1) is 5.41 Å². The molecule has 1 aromatic heterocycles. The van der Waals surface area contributed by atoms with Crippen LogP contribution in [0.2, 0.25) is 0 Å². The lowest BCUT2D eigenvalue weighted by molar-refractivity contribution is 0.0457. The standard InChI is InChI=1S/C12H22N2O/c1-5-12(3,4)10(15)9-11-13-7-8-14(11)6-2/h7-8,10,15H,5-6,9H2,1-4H3. The molecule has 0 saturated heterocycles. The van der Waals surface area contributed by atoms with Gasteiger partial charge in [-0.2, -0.15) is 0 Å². The fraction of sp³-hybridized carbons (Fsp3) is 0.750. The van der Waals surface area contributed by atoms with Crippen LogP contribution in [0.1, 0.15) is 39.9 Å². The number of aryl methyl sites for hydroxylation is 1. The van der Waals surface area contributed by atoms with Crippen molar-refractivity contribution in [3.05, 3.63) is 18.2 Å². The van der Waals surface area contributed by atoms with Gasteiger partial charge in [-0.15, -0.1) is 0 Å². The van der Waals surface area contributed by atoms with Gasteiger partial charge in [-0.3, -0.25) is 0 Å². The third-order valence-electron chi connectivity index (χ3n) is 3.33. The van der Waals surface area contributed by atoms with Crippen molar-refractivity contribution in [2.75, 3.05) is 0 Å². The van der Waals surface area contributed by atoms with Gasteiger partial charge in [0.2, 0.25) is 0 Å². The number of hydrogen-bond donors (Lipinski definition) is 1. The Hall–Kier alpha value is -0.830. The molecule has 3 heteroatoms. The highest BCUT2D eigenvalue weighted by molar-refractivity contribution is 4.96. The van der Waals surface area contributed by atoms with Crippen molar-refractivity contribution in [1.29, 1.82) is 0 Å². The van der Waals surface area contributed by atoms with Crippen LogP contribution in [-0.2, 0) is 13.0 Å². The van der Waals surface area contributed by atoms with Gasteiger partial charge in [0.25, 0.3) is 0 Å². The predicted molar refractivity (Wildman–Crippen MR) is 61.7 cm³/mol. The smallest absolute Gasteiger partial charge is 0.111 e. The number of hydrogen-bond acceptors (Lipinski definition) is 2. The monoisotopic (exact) mass is 210 g/mol. The molecule has 0 bridgehead atoms. The van der Waals surface area contributed by atoms with E-state index in [0.717, 1.165) is 18.8 Å². The number of imidazole rings is 1. The minimum Gasteiger partial charge on any atom is -0.392 e. The van der Waals surface area contributed by atoms with Gasteiger partial charge >= 0.3 is 0 Å². The maximum atomic E-state index is 10.1. The maximum absolute atomic E-state index is 10.1. The van der Waals surface area contributed by atoms with Crippen LogP contribution in [0.15, 0.2) is 12.4 Å². The molecule has 15 heavy (non-hydrogen) atoms. The van der Waals surface area contributed by atoms with Crippen LogP contribution in [0.25, 0.3) is 0 Å². The number of aromatic nitrogens is 2. The maximum Gasteiger partial charge on any atom is 0.111 e. The minimum atomic E-state index is -0.324. The Morgan fingerprint density at radius 2 is 2.13 bits per heavy atom. The van der Waals surface area contributed by atoms with Gasteiger partial charge in [-0.1, -0.05) is 20.8 Å². The molecule has 1 heterocycles. The SMILES string of the molecule is CCn1ccnc1CC(O)C(C)(C)CC. The van der Waals surface area contributed by atoms with Crippen molar-refractivity contribution >= 4 is 0 Å². The summed E-state index contributed by atoms with van der Waals surface area (Å²) in [5, 5.41) is 10.1. The van der Waals surface area contributed by atoms with E-state index in [0.29, 0.717) is 6.42 Å². The quantitative estimate of drug-likeness (QED) is 0.809. The van der Waals surface area contributed by atoms with Gasteiger partial charge in [0.15, 0.2) is 0 Å². The van der Waals surface area contributed by atoms with Crippen molar-refractivity contribution in [1.82, 2.24) is 9.55 Å². The molecule has 1 rings (SSSR count). The molecule has 1 N–H and O–H groups in total. The largest absolute Gasteiger partial charge is 0.392 e. The van der Waals surface area contributed by atoms with Gasteiger partial charge in [-0.25, -0.2) is 4.98 Å². The third kappa shape index (κ3) is 2.81. The Kier molecular flexibility index (Phi) is 3.91. The lowest BCUT2D eigenvalue weighted by Crippen LogP contribution is -2.31. The highest BCUT2D eigenvalue weighted by Gasteiger charge is 2.26. The first-order valence-corrected chi connectivity index (χ1v) is 5.69. The second-order valence-corrected chi connectivity index (χ2v) is 4.69. The van der Waals surface area contributed by atoms with E-state index in [1.54, 1.807) is 6.20 Å². The second-order valence-electron chi connectivity index (χ2n) is 4.69.